The highest BCUT2D eigenvalue weighted by Gasteiger charge is 2.33. The molecule has 4 atom stereocenters. The zero-order chi connectivity index (χ0) is 35.8. The van der Waals surface area contributed by atoms with Gasteiger partial charge in [-0.1, -0.05) is 23.7 Å². The third-order valence-corrected chi connectivity index (χ3v) is 11.3. The number of hydrogen-bond donors (Lipinski definition) is 3. The van der Waals surface area contributed by atoms with Crippen molar-refractivity contribution in [2.75, 3.05) is 45.4 Å². The summed E-state index contributed by atoms with van der Waals surface area (Å²) in [7, 11) is 0. The zero-order valence-corrected chi connectivity index (χ0v) is 31.4. The first-order chi connectivity index (χ1) is 25.3. The van der Waals surface area contributed by atoms with E-state index in [1.807, 2.05) is 18.2 Å². The van der Waals surface area contributed by atoms with Gasteiger partial charge in [-0.05, 0) is 121 Å². The largest absolute Gasteiger partial charge is 0.353 e. The van der Waals surface area contributed by atoms with Gasteiger partial charge in [-0.3, -0.25) is 0 Å². The fourth-order valence-corrected chi connectivity index (χ4v) is 7.21. The van der Waals surface area contributed by atoms with E-state index in [0.717, 1.165) is 44.0 Å². The van der Waals surface area contributed by atoms with Gasteiger partial charge >= 0.3 is 0 Å². The van der Waals surface area contributed by atoms with Crippen molar-refractivity contribution in [1.82, 2.24) is 39.9 Å². The Kier molecular flexibility index (Phi) is 9.95. The lowest BCUT2D eigenvalue weighted by atomic mass is 9.99. The van der Waals surface area contributed by atoms with Gasteiger partial charge in [0.05, 0.1) is 0 Å². The van der Waals surface area contributed by atoms with Crippen molar-refractivity contribution >= 4 is 41.2 Å². The zero-order valence-electron chi connectivity index (χ0n) is 30.6. The van der Waals surface area contributed by atoms with Crippen LogP contribution < -0.4 is 25.8 Å². The lowest BCUT2D eigenvalue weighted by molar-refractivity contribution is 0.419. The summed E-state index contributed by atoms with van der Waals surface area (Å²) >= 11 is 6.25. The minimum Gasteiger partial charge on any atom is -0.353 e. The first-order valence-electron chi connectivity index (χ1n) is 19.2. The fraction of sp³-hybridized carbons (Fsp3) is 0.579. The van der Waals surface area contributed by atoms with Gasteiger partial charge in [0.15, 0.2) is 11.6 Å². The molecular weight excluding hydrogens is 674 g/mol. The Balaban J connectivity index is 0.984. The van der Waals surface area contributed by atoms with E-state index in [1.54, 1.807) is 6.07 Å². The summed E-state index contributed by atoms with van der Waals surface area (Å²) in [5.74, 6) is 6.48. The maximum atomic E-state index is 6.25. The van der Waals surface area contributed by atoms with E-state index < -0.39 is 0 Å². The summed E-state index contributed by atoms with van der Waals surface area (Å²) in [5.41, 5.74) is 1.38. The van der Waals surface area contributed by atoms with Crippen LogP contribution in [-0.4, -0.2) is 83.7 Å². The van der Waals surface area contributed by atoms with Crippen LogP contribution in [0.5, 0.6) is 0 Å². The van der Waals surface area contributed by atoms with E-state index >= 15 is 0 Å². The average Bonchev–Trinajstić information content (AvgIpc) is 3.97. The number of hydrogen-bond acceptors (Lipinski definition) is 13. The number of nitrogens with one attached hydrogen (secondary N) is 3. The van der Waals surface area contributed by atoms with E-state index in [1.165, 1.54) is 38.5 Å². The Morgan fingerprint density at radius 2 is 1.21 bits per heavy atom. The summed E-state index contributed by atoms with van der Waals surface area (Å²) in [5, 5.41) is 11.0. The molecule has 3 aliphatic carbocycles. The molecule has 8 rings (SSSR count). The Morgan fingerprint density at radius 3 is 1.73 bits per heavy atom. The quantitative estimate of drug-likeness (QED) is 0.0966. The van der Waals surface area contributed by atoms with Crippen molar-refractivity contribution in [2.45, 2.75) is 103 Å². The molecule has 0 amide bonds. The van der Waals surface area contributed by atoms with Gasteiger partial charge in [-0.25, -0.2) is 9.97 Å². The molecule has 4 aliphatic rings. The Hall–Kier alpha value is -4.39. The molecule has 0 bridgehead atoms. The molecule has 274 valence electrons. The molecule has 4 aromatic rings. The number of aromatic nitrogens is 8. The molecule has 4 aromatic heterocycles. The molecule has 52 heavy (non-hydrogen) atoms. The highest BCUT2D eigenvalue weighted by Crippen LogP contribution is 2.36. The summed E-state index contributed by atoms with van der Waals surface area (Å²) in [4.78, 5) is 43.3. The van der Waals surface area contributed by atoms with Gasteiger partial charge in [0.2, 0.25) is 23.8 Å². The topological polar surface area (TPSA) is 146 Å². The van der Waals surface area contributed by atoms with E-state index in [2.05, 4.69) is 70.6 Å². The number of pyridine rings is 2. The molecule has 3 saturated carbocycles. The standard InChI is InChI=1S/C38H50ClN13/c1-5-51(38-48-34(29-8-6-10-31(39)43-29)47-37(50-38)42-24(4)27-16-17-27)20-18-28-19-21-52(28)32-11-7-9-30(44-32)33-45-35(40-22(2)25-12-13-25)49-36(46-33)41-23(3)26-14-15-26/h6-11,22-28H,5,12-21H2,1-4H3,(H,42,47,48,50)(H2,40,41,45,46,49)/t22-,23-,24-,28?/m1/s1. The molecule has 1 saturated heterocycles. The number of anilines is 5. The monoisotopic (exact) mass is 723 g/mol. The predicted octanol–water partition coefficient (Wildman–Crippen LogP) is 6.96. The lowest BCUT2D eigenvalue weighted by Gasteiger charge is -2.43. The summed E-state index contributed by atoms with van der Waals surface area (Å²) in [6.45, 7) is 11.3. The molecular formula is C38H50ClN13. The molecule has 1 unspecified atom stereocenters. The van der Waals surface area contributed by atoms with Crippen LogP contribution >= 0.6 is 11.6 Å². The summed E-state index contributed by atoms with van der Waals surface area (Å²) in [6.07, 6.45) is 9.50. The maximum Gasteiger partial charge on any atom is 0.230 e. The van der Waals surface area contributed by atoms with Gasteiger partial charge < -0.3 is 25.8 Å². The highest BCUT2D eigenvalue weighted by molar-refractivity contribution is 6.29. The minimum atomic E-state index is 0.290. The second-order valence-electron chi connectivity index (χ2n) is 15.1. The summed E-state index contributed by atoms with van der Waals surface area (Å²) in [6, 6.07) is 12.9. The molecule has 0 radical (unpaired) electrons. The normalized spacial score (nSPS) is 20.1. The van der Waals surface area contributed by atoms with Crippen molar-refractivity contribution in [3.8, 4) is 23.0 Å². The van der Waals surface area contributed by atoms with Crippen LogP contribution in [0.3, 0.4) is 0 Å². The average molecular weight is 724 g/mol. The van der Waals surface area contributed by atoms with Crippen molar-refractivity contribution in [1.29, 1.82) is 0 Å². The van der Waals surface area contributed by atoms with Crippen LogP contribution in [0.15, 0.2) is 36.4 Å². The van der Waals surface area contributed by atoms with E-state index in [9.17, 15) is 0 Å². The molecule has 1 aliphatic heterocycles. The lowest BCUT2D eigenvalue weighted by Crippen LogP contribution is -2.49. The van der Waals surface area contributed by atoms with Gasteiger partial charge in [-0.15, -0.1) is 0 Å². The molecule has 13 nitrogen and oxygen atoms in total. The van der Waals surface area contributed by atoms with Crippen molar-refractivity contribution < 1.29 is 0 Å². The molecule has 3 N–H and O–H groups in total. The van der Waals surface area contributed by atoms with Gasteiger partial charge in [-0.2, -0.15) is 29.9 Å². The van der Waals surface area contributed by atoms with Crippen molar-refractivity contribution in [3.63, 3.8) is 0 Å². The van der Waals surface area contributed by atoms with E-state index in [4.69, 9.17) is 46.5 Å². The smallest absolute Gasteiger partial charge is 0.230 e. The molecule has 4 fully saturated rings. The van der Waals surface area contributed by atoms with Gasteiger partial charge in [0.1, 0.15) is 22.4 Å². The Bertz CT molecular complexity index is 1820. The first kappa shape index (κ1) is 34.7. The van der Waals surface area contributed by atoms with Crippen LogP contribution in [0.4, 0.5) is 29.6 Å². The van der Waals surface area contributed by atoms with Crippen molar-refractivity contribution in [3.05, 3.63) is 41.6 Å². The third-order valence-electron chi connectivity index (χ3n) is 11.1. The number of nitrogens with zero attached hydrogens (tertiary/aromatic N) is 10. The second kappa shape index (κ2) is 14.9. The molecule has 0 aromatic carbocycles. The second-order valence-corrected chi connectivity index (χ2v) is 15.5. The van der Waals surface area contributed by atoms with Gasteiger partial charge in [0.25, 0.3) is 0 Å². The predicted molar refractivity (Wildman–Crippen MR) is 207 cm³/mol. The van der Waals surface area contributed by atoms with E-state index in [-0.39, 0.29) is 6.04 Å². The molecule has 5 heterocycles. The maximum absolute atomic E-state index is 6.25. The van der Waals surface area contributed by atoms with Crippen LogP contribution in [0, 0.1) is 17.8 Å². The van der Waals surface area contributed by atoms with Gasteiger partial charge in [0, 0.05) is 43.8 Å². The Morgan fingerprint density at radius 1 is 0.673 bits per heavy atom. The highest BCUT2D eigenvalue weighted by atomic mass is 35.5. The van der Waals surface area contributed by atoms with Crippen LogP contribution in [0.2, 0.25) is 5.15 Å². The van der Waals surface area contributed by atoms with Crippen LogP contribution in [0.25, 0.3) is 23.0 Å². The third kappa shape index (κ3) is 8.29. The SMILES string of the molecule is CCN(CCC1CCN1c1cccc(-c2nc(N[C@H](C)C3CC3)nc(N[C@H](C)C3CC3)n2)n1)c1nc(N[C@H](C)C2CC2)nc(-c2cccc(Cl)n2)n1. The first-order valence-corrected chi connectivity index (χ1v) is 19.6. The molecule has 0 spiro atoms. The van der Waals surface area contributed by atoms with Crippen LogP contribution in [0.1, 0.15) is 79.1 Å². The van der Waals surface area contributed by atoms with E-state index in [0.29, 0.717) is 82.2 Å². The number of rotatable bonds is 17. The number of halogens is 1. The Labute approximate surface area is 311 Å². The van der Waals surface area contributed by atoms with Crippen molar-refractivity contribution in [2.24, 2.45) is 17.8 Å². The fourth-order valence-electron chi connectivity index (χ4n) is 7.05. The minimum absolute atomic E-state index is 0.290. The summed E-state index contributed by atoms with van der Waals surface area (Å²) < 4.78 is 0. The van der Waals surface area contributed by atoms with Crippen LogP contribution in [-0.2, 0) is 0 Å². The molecule has 14 heteroatoms.